The summed E-state index contributed by atoms with van der Waals surface area (Å²) in [5.74, 6) is 1.81. The lowest BCUT2D eigenvalue weighted by Crippen LogP contribution is -2.57. The number of ether oxygens (including phenoxy) is 1. The molecule has 0 saturated carbocycles. The van der Waals surface area contributed by atoms with E-state index in [1.807, 2.05) is 41.5 Å². The largest absolute Gasteiger partial charge is 0.444 e. The normalized spacial score (nSPS) is 12.9. The molecule has 0 heterocycles. The Balaban J connectivity index is 3.42. The van der Waals surface area contributed by atoms with Crippen molar-refractivity contribution in [3.05, 3.63) is 35.4 Å². The Bertz CT molecular complexity index is 880. The van der Waals surface area contributed by atoms with Crippen LogP contribution >= 0.6 is 0 Å². The smallest absolute Gasteiger partial charge is 0.408 e. The maximum atomic E-state index is 13.5. The lowest BCUT2D eigenvalue weighted by Gasteiger charge is -2.42. The number of hydrogen-bond acceptors (Lipinski definition) is 4. The van der Waals surface area contributed by atoms with Crippen molar-refractivity contribution in [3.63, 3.8) is 0 Å². The Morgan fingerprint density at radius 1 is 1.03 bits per heavy atom. The highest BCUT2D eigenvalue weighted by Gasteiger charge is 2.40. The number of alkyl carbamates (subject to hydrolysis) is 1. The molecule has 1 rings (SSSR count). The fraction of sp³-hybridized carbons (Fsp3) is 0.560. The zero-order valence-corrected chi connectivity index (χ0v) is 20.8. The van der Waals surface area contributed by atoms with Crippen LogP contribution in [0.5, 0.6) is 0 Å². The highest BCUT2D eigenvalue weighted by molar-refractivity contribution is 5.91. The lowest BCUT2D eigenvalue weighted by atomic mass is 9.93. The Hall–Kier alpha value is -3.01. The van der Waals surface area contributed by atoms with E-state index in [1.54, 1.807) is 45.0 Å². The van der Waals surface area contributed by atoms with E-state index in [2.05, 4.69) is 16.6 Å². The lowest BCUT2D eigenvalue weighted by molar-refractivity contribution is -0.146. The molecular weight excluding hydrogens is 406 g/mol. The molecule has 0 aromatic heterocycles. The number of hydrogen-bond donors (Lipinski definition) is 2. The molecule has 1 atom stereocenters. The molecule has 0 aliphatic carbocycles. The predicted molar refractivity (Wildman–Crippen MR) is 126 cm³/mol. The van der Waals surface area contributed by atoms with Crippen LogP contribution in [0, 0.1) is 12.3 Å². The standard InChI is InChI=1S/C25H37N3O4/c1-11-17-14-12-13-15-18(17)20(21(30)27-23(2,3)4)28(24(5,6)7)19(29)16-26-22(31)32-25(8,9)10/h1,12-15,20H,16H2,2-10H3,(H,26,31)(H,27,30). The van der Waals surface area contributed by atoms with Gasteiger partial charge in [-0.3, -0.25) is 9.59 Å². The third-order valence-corrected chi connectivity index (χ3v) is 4.19. The van der Waals surface area contributed by atoms with Gasteiger partial charge in [0.2, 0.25) is 11.8 Å². The van der Waals surface area contributed by atoms with E-state index < -0.39 is 34.7 Å². The van der Waals surface area contributed by atoms with Crippen molar-refractivity contribution in [1.82, 2.24) is 15.5 Å². The summed E-state index contributed by atoms with van der Waals surface area (Å²) in [7, 11) is 0. The molecular formula is C25H37N3O4. The molecule has 0 aliphatic heterocycles. The molecule has 0 spiro atoms. The van der Waals surface area contributed by atoms with Crippen LogP contribution in [0.1, 0.15) is 79.5 Å². The second kappa shape index (κ2) is 10.1. The molecule has 0 saturated heterocycles. The SMILES string of the molecule is C#Cc1ccccc1C(C(=O)NC(C)(C)C)N(C(=O)CNC(=O)OC(C)(C)C)C(C)(C)C. The second-order valence-electron chi connectivity index (χ2n) is 10.7. The van der Waals surface area contributed by atoms with Crippen molar-refractivity contribution in [2.75, 3.05) is 6.54 Å². The highest BCUT2D eigenvalue weighted by atomic mass is 16.6. The molecule has 32 heavy (non-hydrogen) atoms. The summed E-state index contributed by atoms with van der Waals surface area (Å²) in [5.41, 5.74) is -0.922. The van der Waals surface area contributed by atoms with E-state index in [0.29, 0.717) is 11.1 Å². The highest BCUT2D eigenvalue weighted by Crippen LogP contribution is 2.31. The van der Waals surface area contributed by atoms with Crippen LogP contribution in [-0.2, 0) is 14.3 Å². The van der Waals surface area contributed by atoms with Gasteiger partial charge in [0.05, 0.1) is 0 Å². The average Bonchev–Trinajstić information content (AvgIpc) is 2.60. The quantitative estimate of drug-likeness (QED) is 0.678. The molecule has 2 N–H and O–H groups in total. The van der Waals surface area contributed by atoms with Crippen LogP contribution < -0.4 is 10.6 Å². The first-order valence-corrected chi connectivity index (χ1v) is 10.6. The zero-order valence-electron chi connectivity index (χ0n) is 20.8. The Labute approximate surface area is 192 Å². The van der Waals surface area contributed by atoms with Gasteiger partial charge in [0.25, 0.3) is 0 Å². The average molecular weight is 444 g/mol. The third kappa shape index (κ3) is 8.26. The number of amides is 3. The number of benzene rings is 1. The molecule has 1 aromatic carbocycles. The number of nitrogens with zero attached hydrogens (tertiary/aromatic N) is 1. The molecule has 0 bridgehead atoms. The predicted octanol–water partition coefficient (Wildman–Crippen LogP) is 3.78. The molecule has 0 aliphatic rings. The summed E-state index contributed by atoms with van der Waals surface area (Å²) in [6.07, 6.45) is 4.99. The number of rotatable bonds is 5. The van der Waals surface area contributed by atoms with Gasteiger partial charge >= 0.3 is 6.09 Å². The Morgan fingerprint density at radius 2 is 1.59 bits per heavy atom. The van der Waals surface area contributed by atoms with Crippen LogP contribution in [0.3, 0.4) is 0 Å². The summed E-state index contributed by atoms with van der Waals surface area (Å²) >= 11 is 0. The van der Waals surface area contributed by atoms with Crippen LogP contribution in [0.15, 0.2) is 24.3 Å². The fourth-order valence-corrected chi connectivity index (χ4v) is 3.15. The summed E-state index contributed by atoms with van der Waals surface area (Å²) in [4.78, 5) is 40.4. The fourth-order valence-electron chi connectivity index (χ4n) is 3.15. The maximum Gasteiger partial charge on any atom is 0.408 e. The van der Waals surface area contributed by atoms with Crippen LogP contribution in [0.4, 0.5) is 4.79 Å². The molecule has 3 amide bonds. The molecule has 1 unspecified atom stereocenters. The molecule has 176 valence electrons. The van der Waals surface area contributed by atoms with E-state index in [1.165, 1.54) is 4.90 Å². The number of carbonyl (C=O) groups is 3. The maximum absolute atomic E-state index is 13.5. The van der Waals surface area contributed by atoms with Gasteiger partial charge in [-0.05, 0) is 73.9 Å². The Kier molecular flexibility index (Phi) is 8.51. The second-order valence-corrected chi connectivity index (χ2v) is 10.7. The zero-order chi connectivity index (χ0) is 24.9. The molecule has 1 aromatic rings. The van der Waals surface area contributed by atoms with Crippen molar-refractivity contribution in [1.29, 1.82) is 0 Å². The minimum atomic E-state index is -0.991. The van der Waals surface area contributed by atoms with E-state index in [4.69, 9.17) is 11.2 Å². The molecule has 0 radical (unpaired) electrons. The van der Waals surface area contributed by atoms with Gasteiger partial charge in [0, 0.05) is 16.6 Å². The first-order valence-electron chi connectivity index (χ1n) is 10.6. The van der Waals surface area contributed by atoms with E-state index in [0.717, 1.165) is 0 Å². The monoisotopic (exact) mass is 443 g/mol. The van der Waals surface area contributed by atoms with Gasteiger partial charge < -0.3 is 20.3 Å². The van der Waals surface area contributed by atoms with Crippen molar-refractivity contribution in [2.24, 2.45) is 0 Å². The van der Waals surface area contributed by atoms with Gasteiger partial charge in [0.15, 0.2) is 0 Å². The van der Waals surface area contributed by atoms with Gasteiger partial charge in [-0.1, -0.05) is 24.1 Å². The van der Waals surface area contributed by atoms with Crippen molar-refractivity contribution in [2.45, 2.75) is 85.0 Å². The van der Waals surface area contributed by atoms with Gasteiger partial charge in [0.1, 0.15) is 18.2 Å². The van der Waals surface area contributed by atoms with E-state index >= 15 is 0 Å². The van der Waals surface area contributed by atoms with Crippen LogP contribution in [0.2, 0.25) is 0 Å². The van der Waals surface area contributed by atoms with Gasteiger partial charge in [-0.2, -0.15) is 0 Å². The summed E-state index contributed by atoms with van der Waals surface area (Å²) in [5, 5.41) is 5.45. The van der Waals surface area contributed by atoms with Gasteiger partial charge in [-0.15, -0.1) is 6.42 Å². The number of terminal acetylenes is 1. The Morgan fingerprint density at radius 3 is 2.06 bits per heavy atom. The van der Waals surface area contributed by atoms with E-state index in [-0.39, 0.29) is 12.5 Å². The number of nitrogens with one attached hydrogen (secondary N) is 2. The number of carbonyl (C=O) groups excluding carboxylic acids is 3. The topological polar surface area (TPSA) is 87.7 Å². The van der Waals surface area contributed by atoms with Crippen molar-refractivity contribution in [3.8, 4) is 12.3 Å². The van der Waals surface area contributed by atoms with Crippen LogP contribution in [0.25, 0.3) is 0 Å². The van der Waals surface area contributed by atoms with E-state index in [9.17, 15) is 14.4 Å². The van der Waals surface area contributed by atoms with Crippen LogP contribution in [-0.4, -0.2) is 46.0 Å². The third-order valence-electron chi connectivity index (χ3n) is 4.19. The summed E-state index contributed by atoms with van der Waals surface area (Å²) in [6, 6.07) is 6.05. The summed E-state index contributed by atoms with van der Waals surface area (Å²) in [6.45, 7) is 16.0. The van der Waals surface area contributed by atoms with Crippen molar-refractivity contribution < 1.29 is 19.1 Å². The minimum Gasteiger partial charge on any atom is -0.444 e. The molecule has 7 heteroatoms. The van der Waals surface area contributed by atoms with Gasteiger partial charge in [-0.25, -0.2) is 4.79 Å². The van der Waals surface area contributed by atoms with Crippen molar-refractivity contribution >= 4 is 17.9 Å². The molecule has 7 nitrogen and oxygen atoms in total. The molecule has 0 fully saturated rings. The first-order chi connectivity index (χ1) is 14.5. The summed E-state index contributed by atoms with van der Waals surface area (Å²) < 4.78 is 5.22. The minimum absolute atomic E-state index is 0.330. The first kappa shape index (κ1) is 27.0.